The minimum Gasteiger partial charge on any atom is -0.299 e. The zero-order valence-corrected chi connectivity index (χ0v) is 7.69. The summed E-state index contributed by atoms with van der Waals surface area (Å²) in [5, 5.41) is 2.21. The summed E-state index contributed by atoms with van der Waals surface area (Å²) in [4.78, 5) is 21.6. The summed E-state index contributed by atoms with van der Waals surface area (Å²) in [6.45, 7) is 0. The molecule has 1 unspecified atom stereocenters. The summed E-state index contributed by atoms with van der Waals surface area (Å²) >= 11 is 0. The molecule has 1 aliphatic carbocycles. The number of nitrogens with one attached hydrogen (secondary N) is 1. The molecule has 0 saturated carbocycles. The van der Waals surface area contributed by atoms with Crippen molar-refractivity contribution in [3.63, 3.8) is 0 Å². The van der Waals surface area contributed by atoms with E-state index in [9.17, 15) is 9.59 Å². The summed E-state index contributed by atoms with van der Waals surface area (Å²) < 4.78 is 0. The Bertz CT molecular complexity index is 373. The van der Waals surface area contributed by atoms with Gasteiger partial charge >= 0.3 is 0 Å². The maximum atomic E-state index is 11.5. The normalized spacial score (nSPS) is 18.7. The molecule has 0 aromatic heterocycles. The Balaban J connectivity index is 2.25. The molecule has 3 heteroatoms. The van der Waals surface area contributed by atoms with E-state index in [4.69, 9.17) is 0 Å². The molecule has 0 saturated heterocycles. The second kappa shape index (κ2) is 3.62. The van der Waals surface area contributed by atoms with Crippen molar-refractivity contribution >= 4 is 12.3 Å². The third-order valence-electron chi connectivity index (χ3n) is 2.65. The van der Waals surface area contributed by atoms with Crippen molar-refractivity contribution in [3.05, 3.63) is 35.4 Å². The largest absolute Gasteiger partial charge is 0.299 e. The number of hydrogen-bond donors (Lipinski definition) is 1. The molecule has 0 heterocycles. The van der Waals surface area contributed by atoms with E-state index in [1.807, 2.05) is 24.3 Å². The second-order valence-electron chi connectivity index (χ2n) is 3.42. The molecule has 14 heavy (non-hydrogen) atoms. The molecule has 72 valence electrons. The van der Waals surface area contributed by atoms with E-state index < -0.39 is 0 Å². The van der Waals surface area contributed by atoms with Crippen LogP contribution in [0.15, 0.2) is 24.3 Å². The smallest absolute Gasteiger partial charge is 0.233 e. The van der Waals surface area contributed by atoms with Crippen molar-refractivity contribution in [2.24, 2.45) is 0 Å². The third kappa shape index (κ3) is 1.41. The van der Waals surface area contributed by atoms with Crippen LogP contribution in [-0.4, -0.2) is 12.3 Å². The minimum atomic E-state index is -0.190. The molecule has 2 rings (SSSR count). The SMILES string of the molecule is O=CNC(=O)C1CCc2ccccc21. The Labute approximate surface area is 82.1 Å². The average Bonchev–Trinajstić information content (AvgIpc) is 2.61. The van der Waals surface area contributed by atoms with Crippen LogP contribution < -0.4 is 5.32 Å². The van der Waals surface area contributed by atoms with Crippen molar-refractivity contribution in [1.82, 2.24) is 5.32 Å². The fourth-order valence-corrected chi connectivity index (χ4v) is 1.99. The zero-order chi connectivity index (χ0) is 9.97. The minimum absolute atomic E-state index is 0.142. The van der Waals surface area contributed by atoms with Gasteiger partial charge in [-0.2, -0.15) is 0 Å². The lowest BCUT2D eigenvalue weighted by atomic mass is 10.0. The first-order valence-electron chi connectivity index (χ1n) is 4.65. The maximum Gasteiger partial charge on any atom is 0.233 e. The van der Waals surface area contributed by atoms with Gasteiger partial charge in [0.05, 0.1) is 5.92 Å². The predicted octanol–water partition coefficient (Wildman–Crippen LogP) is 0.989. The van der Waals surface area contributed by atoms with Gasteiger partial charge < -0.3 is 0 Å². The summed E-state index contributed by atoms with van der Waals surface area (Å²) in [7, 11) is 0. The van der Waals surface area contributed by atoms with Gasteiger partial charge in [0, 0.05) is 0 Å². The van der Waals surface area contributed by atoms with Gasteiger partial charge in [0.2, 0.25) is 12.3 Å². The van der Waals surface area contributed by atoms with Crippen LogP contribution in [0.2, 0.25) is 0 Å². The Kier molecular flexibility index (Phi) is 2.31. The molecule has 1 atom stereocenters. The van der Waals surface area contributed by atoms with E-state index in [2.05, 4.69) is 5.32 Å². The molecule has 0 radical (unpaired) electrons. The Morgan fingerprint density at radius 3 is 3.00 bits per heavy atom. The Hall–Kier alpha value is -1.64. The van der Waals surface area contributed by atoms with Crippen molar-refractivity contribution in [2.75, 3.05) is 0 Å². The van der Waals surface area contributed by atoms with Crippen LogP contribution in [0.5, 0.6) is 0 Å². The quantitative estimate of drug-likeness (QED) is 0.705. The van der Waals surface area contributed by atoms with Gasteiger partial charge in [-0.05, 0) is 24.0 Å². The summed E-state index contributed by atoms with van der Waals surface area (Å²) in [6.07, 6.45) is 2.18. The van der Waals surface area contributed by atoms with Gasteiger partial charge in [0.1, 0.15) is 0 Å². The lowest BCUT2D eigenvalue weighted by Gasteiger charge is -2.08. The molecule has 0 aliphatic heterocycles. The zero-order valence-electron chi connectivity index (χ0n) is 7.69. The van der Waals surface area contributed by atoms with E-state index in [0.29, 0.717) is 6.41 Å². The van der Waals surface area contributed by atoms with E-state index >= 15 is 0 Å². The fraction of sp³-hybridized carbons (Fsp3) is 0.273. The van der Waals surface area contributed by atoms with Crippen molar-refractivity contribution in [1.29, 1.82) is 0 Å². The van der Waals surface area contributed by atoms with Crippen LogP contribution in [0.3, 0.4) is 0 Å². The molecule has 3 nitrogen and oxygen atoms in total. The number of rotatable bonds is 2. The van der Waals surface area contributed by atoms with Crippen LogP contribution in [-0.2, 0) is 16.0 Å². The highest BCUT2D eigenvalue weighted by atomic mass is 16.2. The number of carbonyl (C=O) groups excluding carboxylic acids is 2. The molecular weight excluding hydrogens is 178 g/mol. The first-order valence-corrected chi connectivity index (χ1v) is 4.65. The highest BCUT2D eigenvalue weighted by molar-refractivity contribution is 5.91. The van der Waals surface area contributed by atoms with Gasteiger partial charge in [0.25, 0.3) is 0 Å². The van der Waals surface area contributed by atoms with Gasteiger partial charge in [-0.25, -0.2) is 0 Å². The molecule has 0 fully saturated rings. The van der Waals surface area contributed by atoms with E-state index in [1.54, 1.807) is 0 Å². The molecular formula is C11H11NO2. The first-order chi connectivity index (χ1) is 6.83. The van der Waals surface area contributed by atoms with Crippen LogP contribution in [0.4, 0.5) is 0 Å². The monoisotopic (exact) mass is 189 g/mol. The lowest BCUT2D eigenvalue weighted by molar-refractivity contribution is -0.126. The second-order valence-corrected chi connectivity index (χ2v) is 3.42. The average molecular weight is 189 g/mol. The Morgan fingerprint density at radius 1 is 1.43 bits per heavy atom. The predicted molar refractivity (Wildman–Crippen MR) is 51.7 cm³/mol. The third-order valence-corrected chi connectivity index (χ3v) is 2.65. The highest BCUT2D eigenvalue weighted by Gasteiger charge is 2.27. The first kappa shape index (κ1) is 8.94. The molecule has 0 spiro atoms. The molecule has 2 amide bonds. The number of hydrogen-bond acceptors (Lipinski definition) is 2. The molecule has 0 bridgehead atoms. The maximum absolute atomic E-state index is 11.5. The van der Waals surface area contributed by atoms with E-state index in [-0.39, 0.29) is 11.8 Å². The fourth-order valence-electron chi connectivity index (χ4n) is 1.99. The van der Waals surface area contributed by atoms with Crippen LogP contribution >= 0.6 is 0 Å². The number of amides is 2. The van der Waals surface area contributed by atoms with Crippen molar-refractivity contribution in [2.45, 2.75) is 18.8 Å². The van der Waals surface area contributed by atoms with Gasteiger partial charge in [-0.1, -0.05) is 24.3 Å². The number of fused-ring (bicyclic) bond motifs is 1. The van der Waals surface area contributed by atoms with E-state index in [1.165, 1.54) is 5.56 Å². The highest BCUT2D eigenvalue weighted by Crippen LogP contribution is 2.32. The van der Waals surface area contributed by atoms with Gasteiger partial charge in [-0.3, -0.25) is 14.9 Å². The number of benzene rings is 1. The summed E-state index contributed by atoms with van der Waals surface area (Å²) in [5.41, 5.74) is 2.28. The van der Waals surface area contributed by atoms with Crippen LogP contribution in [0, 0.1) is 0 Å². The molecule has 1 aliphatic rings. The topological polar surface area (TPSA) is 46.2 Å². The number of carbonyl (C=O) groups is 2. The Morgan fingerprint density at radius 2 is 2.21 bits per heavy atom. The molecule has 1 N–H and O–H groups in total. The van der Waals surface area contributed by atoms with Gasteiger partial charge in [0.15, 0.2) is 0 Å². The van der Waals surface area contributed by atoms with Gasteiger partial charge in [-0.15, -0.1) is 0 Å². The van der Waals surface area contributed by atoms with Crippen molar-refractivity contribution in [3.8, 4) is 0 Å². The summed E-state index contributed by atoms with van der Waals surface area (Å²) in [5.74, 6) is -0.332. The number of imide groups is 1. The molecule has 1 aromatic rings. The standard InChI is InChI=1S/C11H11NO2/c13-7-12-11(14)10-6-5-8-3-1-2-4-9(8)10/h1-4,7,10H,5-6H2,(H,12,13,14). The lowest BCUT2D eigenvalue weighted by Crippen LogP contribution is -2.26. The van der Waals surface area contributed by atoms with E-state index in [0.717, 1.165) is 18.4 Å². The number of aryl methyl sites for hydroxylation is 1. The van der Waals surface area contributed by atoms with Crippen LogP contribution in [0.25, 0.3) is 0 Å². The van der Waals surface area contributed by atoms with Crippen molar-refractivity contribution < 1.29 is 9.59 Å². The summed E-state index contributed by atoms with van der Waals surface area (Å²) in [6, 6.07) is 7.88. The van der Waals surface area contributed by atoms with Crippen LogP contribution in [0.1, 0.15) is 23.5 Å². The molecule has 1 aromatic carbocycles.